The molecule has 0 spiro atoms. The van der Waals surface area contributed by atoms with Crippen molar-refractivity contribution in [2.45, 2.75) is 39.5 Å². The summed E-state index contributed by atoms with van der Waals surface area (Å²) >= 11 is 0. The molecule has 0 rings (SSSR count). The molecule has 0 amide bonds. The molecular formula is C8H18ClMnO-. The van der Waals surface area contributed by atoms with Crippen molar-refractivity contribution in [2.75, 3.05) is 6.61 Å². The second-order valence-electron chi connectivity index (χ2n) is 2.60. The summed E-state index contributed by atoms with van der Waals surface area (Å²) in [5.41, 5.74) is 0. The fourth-order valence-electron chi connectivity index (χ4n) is 0.917. The first kappa shape index (κ1) is 17.8. The number of aliphatic hydroxyl groups is 1. The number of unbranched alkanes of at least 4 members (excludes halogenated alkanes) is 1. The molecule has 0 heterocycles. The van der Waals surface area contributed by atoms with E-state index in [4.69, 9.17) is 5.11 Å². The van der Waals surface area contributed by atoms with E-state index in [1.54, 1.807) is 0 Å². The van der Waals surface area contributed by atoms with Crippen molar-refractivity contribution in [3.8, 4) is 0 Å². The Morgan fingerprint density at radius 1 is 1.27 bits per heavy atom. The van der Waals surface area contributed by atoms with Gasteiger partial charge in [-0.05, 0) is 12.3 Å². The largest absolute Gasteiger partial charge is 1.00 e. The van der Waals surface area contributed by atoms with Crippen LogP contribution in [-0.4, -0.2) is 11.7 Å². The Labute approximate surface area is 86.8 Å². The van der Waals surface area contributed by atoms with Gasteiger partial charge in [-0.15, -0.1) is 0 Å². The first-order valence-corrected chi connectivity index (χ1v) is 3.96. The molecule has 1 atom stereocenters. The summed E-state index contributed by atoms with van der Waals surface area (Å²) in [4.78, 5) is 0. The van der Waals surface area contributed by atoms with Crippen molar-refractivity contribution in [3.05, 3.63) is 0 Å². The van der Waals surface area contributed by atoms with Gasteiger partial charge in [-0.2, -0.15) is 0 Å². The molecule has 0 aliphatic carbocycles. The number of aliphatic hydroxyl groups excluding tert-OH is 1. The summed E-state index contributed by atoms with van der Waals surface area (Å²) in [6, 6.07) is 0. The molecule has 0 aromatic rings. The van der Waals surface area contributed by atoms with Gasteiger partial charge in [0.1, 0.15) is 0 Å². The zero-order chi connectivity index (χ0) is 7.11. The van der Waals surface area contributed by atoms with Crippen LogP contribution < -0.4 is 12.4 Å². The molecule has 1 unspecified atom stereocenters. The molecule has 1 nitrogen and oxygen atoms in total. The summed E-state index contributed by atoms with van der Waals surface area (Å²) in [6.07, 6.45) is 4.83. The Balaban J connectivity index is -0.000000320. The van der Waals surface area contributed by atoms with Gasteiger partial charge in [0.15, 0.2) is 0 Å². The van der Waals surface area contributed by atoms with Gasteiger partial charge < -0.3 is 17.5 Å². The van der Waals surface area contributed by atoms with Crippen molar-refractivity contribution in [1.82, 2.24) is 0 Å². The van der Waals surface area contributed by atoms with Crippen LogP contribution in [-0.2, 0) is 17.1 Å². The Kier molecular flexibility index (Phi) is 21.6. The van der Waals surface area contributed by atoms with Crippen LogP contribution in [0.15, 0.2) is 0 Å². The van der Waals surface area contributed by atoms with E-state index in [1.807, 2.05) is 0 Å². The molecule has 11 heavy (non-hydrogen) atoms. The monoisotopic (exact) mass is 220 g/mol. The molecule has 0 fully saturated rings. The van der Waals surface area contributed by atoms with Gasteiger partial charge in [0.05, 0.1) is 0 Å². The van der Waals surface area contributed by atoms with E-state index in [9.17, 15) is 0 Å². The Bertz CT molecular complexity index is 58.1. The van der Waals surface area contributed by atoms with Gasteiger partial charge in [-0.1, -0.05) is 33.1 Å². The maximum Gasteiger partial charge on any atom is 0.0459 e. The molecule has 3 heteroatoms. The van der Waals surface area contributed by atoms with Gasteiger partial charge >= 0.3 is 0 Å². The third-order valence-corrected chi connectivity index (χ3v) is 1.80. The third-order valence-electron chi connectivity index (χ3n) is 1.80. The number of rotatable bonds is 5. The van der Waals surface area contributed by atoms with Crippen molar-refractivity contribution >= 4 is 0 Å². The minimum atomic E-state index is 0. The van der Waals surface area contributed by atoms with Gasteiger partial charge in [0, 0.05) is 23.7 Å². The smallest absolute Gasteiger partial charge is 0.0459 e. The van der Waals surface area contributed by atoms with Crippen LogP contribution in [0.5, 0.6) is 0 Å². The summed E-state index contributed by atoms with van der Waals surface area (Å²) in [6.45, 7) is 4.69. The van der Waals surface area contributed by atoms with E-state index in [-0.39, 0.29) is 29.5 Å². The van der Waals surface area contributed by atoms with Crippen LogP contribution in [0.3, 0.4) is 0 Å². The summed E-state index contributed by atoms with van der Waals surface area (Å²) in [7, 11) is 0. The van der Waals surface area contributed by atoms with E-state index in [0.29, 0.717) is 12.5 Å². The van der Waals surface area contributed by atoms with Crippen LogP contribution in [0.25, 0.3) is 0 Å². The minimum absolute atomic E-state index is 0. The Morgan fingerprint density at radius 2 is 1.82 bits per heavy atom. The zero-order valence-electron chi connectivity index (χ0n) is 7.32. The van der Waals surface area contributed by atoms with E-state index in [0.717, 1.165) is 6.42 Å². The van der Waals surface area contributed by atoms with Crippen LogP contribution in [0.2, 0.25) is 0 Å². The average molecular weight is 221 g/mol. The van der Waals surface area contributed by atoms with E-state index >= 15 is 0 Å². The quantitative estimate of drug-likeness (QED) is 0.602. The molecule has 71 valence electrons. The second kappa shape index (κ2) is 13.4. The molecule has 0 bridgehead atoms. The van der Waals surface area contributed by atoms with Crippen molar-refractivity contribution < 1.29 is 34.6 Å². The van der Waals surface area contributed by atoms with Crippen molar-refractivity contribution in [1.29, 1.82) is 0 Å². The molecule has 0 aliphatic heterocycles. The maximum absolute atomic E-state index is 8.75. The normalized spacial score (nSPS) is 11.2. The predicted molar refractivity (Wildman–Crippen MR) is 40.4 cm³/mol. The molecule has 0 aromatic carbocycles. The van der Waals surface area contributed by atoms with Crippen molar-refractivity contribution in [2.24, 2.45) is 5.92 Å². The van der Waals surface area contributed by atoms with Crippen LogP contribution in [0.1, 0.15) is 39.5 Å². The molecule has 1 radical (unpaired) electrons. The second-order valence-corrected chi connectivity index (χ2v) is 2.60. The first-order chi connectivity index (χ1) is 4.35. The fraction of sp³-hybridized carbons (Fsp3) is 1.00. The van der Waals surface area contributed by atoms with E-state index in [2.05, 4.69) is 13.8 Å². The van der Waals surface area contributed by atoms with Crippen LogP contribution in [0.4, 0.5) is 0 Å². The summed E-state index contributed by atoms with van der Waals surface area (Å²) < 4.78 is 0. The SMILES string of the molecule is CCCCC(CC)CO.[Cl-].[Mn]. The fourth-order valence-corrected chi connectivity index (χ4v) is 0.917. The van der Waals surface area contributed by atoms with Crippen LogP contribution in [0, 0.1) is 5.92 Å². The summed E-state index contributed by atoms with van der Waals surface area (Å²) in [5, 5.41) is 8.75. The first-order valence-electron chi connectivity index (χ1n) is 3.96. The van der Waals surface area contributed by atoms with Gasteiger partial charge in [0.25, 0.3) is 0 Å². The molecular weight excluding hydrogens is 202 g/mol. The van der Waals surface area contributed by atoms with Gasteiger partial charge in [-0.25, -0.2) is 0 Å². The Morgan fingerprint density at radius 3 is 2.09 bits per heavy atom. The van der Waals surface area contributed by atoms with E-state index < -0.39 is 0 Å². The molecule has 0 saturated carbocycles. The third kappa shape index (κ3) is 10.8. The predicted octanol–water partition coefficient (Wildman–Crippen LogP) is -0.803. The molecule has 1 N–H and O–H groups in total. The van der Waals surface area contributed by atoms with Gasteiger partial charge in [-0.3, -0.25) is 0 Å². The molecule has 0 aliphatic rings. The van der Waals surface area contributed by atoms with Crippen molar-refractivity contribution in [3.63, 3.8) is 0 Å². The zero-order valence-corrected chi connectivity index (χ0v) is 9.25. The van der Waals surface area contributed by atoms with E-state index in [1.165, 1.54) is 19.3 Å². The van der Waals surface area contributed by atoms with Gasteiger partial charge in [0.2, 0.25) is 0 Å². The Hall–Kier alpha value is 0.769. The standard InChI is InChI=1S/C8H18O.ClH.Mn/c1-3-5-6-8(4-2)7-9;;/h8-9H,3-7H2,1-2H3;1H;/p-1. The average Bonchev–Trinajstić information content (AvgIpc) is 1.91. The number of hydrogen-bond acceptors (Lipinski definition) is 1. The molecule has 0 saturated heterocycles. The minimum Gasteiger partial charge on any atom is -1.00 e. The van der Waals surface area contributed by atoms with Crippen LogP contribution >= 0.6 is 0 Å². The number of halogens is 1. The summed E-state index contributed by atoms with van der Waals surface area (Å²) in [5.74, 6) is 0.560. The molecule has 0 aromatic heterocycles. The number of hydrogen-bond donors (Lipinski definition) is 1. The maximum atomic E-state index is 8.75. The topological polar surface area (TPSA) is 20.2 Å².